The molecule has 0 aliphatic carbocycles. The number of carbonyl (C=O) groups is 3. The van der Waals surface area contributed by atoms with Crippen LogP contribution in [0.1, 0.15) is 17.3 Å². The Kier molecular flexibility index (Phi) is 6.09. The molecule has 0 aliphatic heterocycles. The van der Waals surface area contributed by atoms with E-state index in [4.69, 9.17) is 9.47 Å². The Morgan fingerprint density at radius 3 is 2.38 bits per heavy atom. The lowest BCUT2D eigenvalue weighted by Gasteiger charge is -2.12. The van der Waals surface area contributed by atoms with Gasteiger partial charge in [-0.25, -0.2) is 4.79 Å². The van der Waals surface area contributed by atoms with E-state index in [1.807, 2.05) is 30.3 Å². The van der Waals surface area contributed by atoms with Crippen molar-refractivity contribution < 1.29 is 23.9 Å². The molecule has 2 amide bonds. The molecule has 0 fully saturated rings. The molecule has 3 aromatic rings. The SMILES string of the molecule is COc1ccc(NC(C)=O)cc1NC(=O)COC(=O)c1ccc2ccccc2c1. The highest BCUT2D eigenvalue weighted by atomic mass is 16.5. The molecule has 3 rings (SSSR count). The van der Waals surface area contributed by atoms with Crippen LogP contribution in [0.5, 0.6) is 5.75 Å². The maximum atomic E-state index is 12.3. The predicted molar refractivity (Wildman–Crippen MR) is 110 cm³/mol. The van der Waals surface area contributed by atoms with Gasteiger partial charge in [0.05, 0.1) is 18.4 Å². The summed E-state index contributed by atoms with van der Waals surface area (Å²) in [5.74, 6) is -0.952. The lowest BCUT2D eigenvalue weighted by atomic mass is 10.1. The molecule has 0 radical (unpaired) electrons. The van der Waals surface area contributed by atoms with E-state index in [0.717, 1.165) is 10.8 Å². The zero-order chi connectivity index (χ0) is 20.8. The highest BCUT2D eigenvalue weighted by Gasteiger charge is 2.13. The van der Waals surface area contributed by atoms with Gasteiger partial charge < -0.3 is 20.1 Å². The fourth-order valence-electron chi connectivity index (χ4n) is 2.80. The van der Waals surface area contributed by atoms with Crippen molar-refractivity contribution in [2.24, 2.45) is 0 Å². The number of hydrogen-bond acceptors (Lipinski definition) is 5. The molecule has 7 heteroatoms. The van der Waals surface area contributed by atoms with Crippen LogP contribution in [0, 0.1) is 0 Å². The summed E-state index contributed by atoms with van der Waals surface area (Å²) in [6, 6.07) is 17.7. The number of anilines is 2. The molecule has 0 heterocycles. The summed E-state index contributed by atoms with van der Waals surface area (Å²) in [5, 5.41) is 7.16. The number of benzene rings is 3. The van der Waals surface area contributed by atoms with Gasteiger partial charge in [0, 0.05) is 12.6 Å². The van der Waals surface area contributed by atoms with Gasteiger partial charge in [0.2, 0.25) is 5.91 Å². The molecule has 0 saturated carbocycles. The Bertz CT molecular complexity index is 1080. The third kappa shape index (κ3) is 5.10. The molecule has 0 spiro atoms. The first-order chi connectivity index (χ1) is 14.0. The largest absolute Gasteiger partial charge is 0.495 e. The van der Waals surface area contributed by atoms with Crippen molar-refractivity contribution in [1.82, 2.24) is 0 Å². The monoisotopic (exact) mass is 392 g/mol. The number of fused-ring (bicyclic) bond motifs is 1. The molecule has 148 valence electrons. The van der Waals surface area contributed by atoms with Crippen molar-refractivity contribution in [3.63, 3.8) is 0 Å². The molecule has 0 bridgehead atoms. The van der Waals surface area contributed by atoms with Crippen LogP contribution in [-0.2, 0) is 14.3 Å². The van der Waals surface area contributed by atoms with Crippen LogP contribution < -0.4 is 15.4 Å². The van der Waals surface area contributed by atoms with Gasteiger partial charge in [0.1, 0.15) is 5.75 Å². The van der Waals surface area contributed by atoms with Crippen LogP contribution in [-0.4, -0.2) is 31.5 Å². The number of methoxy groups -OCH3 is 1. The molecule has 0 aromatic heterocycles. The number of carbonyl (C=O) groups excluding carboxylic acids is 3. The summed E-state index contributed by atoms with van der Waals surface area (Å²) in [4.78, 5) is 35.7. The molecule has 0 aliphatic rings. The Balaban J connectivity index is 1.64. The van der Waals surface area contributed by atoms with Crippen molar-refractivity contribution in [3.05, 3.63) is 66.2 Å². The first-order valence-corrected chi connectivity index (χ1v) is 8.87. The van der Waals surface area contributed by atoms with Gasteiger partial charge in [-0.15, -0.1) is 0 Å². The van der Waals surface area contributed by atoms with Crippen molar-refractivity contribution in [2.75, 3.05) is 24.4 Å². The van der Waals surface area contributed by atoms with Gasteiger partial charge in [-0.05, 0) is 41.1 Å². The van der Waals surface area contributed by atoms with Crippen LogP contribution in [0.4, 0.5) is 11.4 Å². The lowest BCUT2D eigenvalue weighted by Crippen LogP contribution is -2.21. The Morgan fingerprint density at radius 1 is 0.897 bits per heavy atom. The van der Waals surface area contributed by atoms with Gasteiger partial charge >= 0.3 is 5.97 Å². The van der Waals surface area contributed by atoms with E-state index in [0.29, 0.717) is 22.7 Å². The second-order valence-electron chi connectivity index (χ2n) is 6.28. The van der Waals surface area contributed by atoms with Crippen LogP contribution >= 0.6 is 0 Å². The van der Waals surface area contributed by atoms with Gasteiger partial charge in [-0.2, -0.15) is 0 Å². The molecule has 2 N–H and O–H groups in total. The number of rotatable bonds is 6. The van der Waals surface area contributed by atoms with Crippen LogP contribution in [0.25, 0.3) is 10.8 Å². The first-order valence-electron chi connectivity index (χ1n) is 8.87. The van der Waals surface area contributed by atoms with E-state index in [-0.39, 0.29) is 5.91 Å². The highest BCUT2D eigenvalue weighted by molar-refractivity contribution is 5.99. The zero-order valence-corrected chi connectivity index (χ0v) is 16.0. The summed E-state index contributed by atoms with van der Waals surface area (Å²) in [6.45, 7) is 0.925. The summed E-state index contributed by atoms with van der Waals surface area (Å²) >= 11 is 0. The van der Waals surface area contributed by atoms with E-state index in [2.05, 4.69) is 10.6 Å². The van der Waals surface area contributed by atoms with E-state index in [1.165, 1.54) is 14.0 Å². The van der Waals surface area contributed by atoms with E-state index in [9.17, 15) is 14.4 Å². The quantitative estimate of drug-likeness (QED) is 0.625. The highest BCUT2D eigenvalue weighted by Crippen LogP contribution is 2.27. The van der Waals surface area contributed by atoms with E-state index < -0.39 is 18.5 Å². The third-order valence-electron chi connectivity index (χ3n) is 4.11. The van der Waals surface area contributed by atoms with E-state index >= 15 is 0 Å². The second kappa shape index (κ2) is 8.88. The minimum Gasteiger partial charge on any atom is -0.495 e. The normalized spacial score (nSPS) is 10.3. The average molecular weight is 392 g/mol. The van der Waals surface area contributed by atoms with Gasteiger partial charge in [-0.3, -0.25) is 9.59 Å². The smallest absolute Gasteiger partial charge is 0.338 e. The van der Waals surface area contributed by atoms with Crippen LogP contribution in [0.2, 0.25) is 0 Å². The molecule has 29 heavy (non-hydrogen) atoms. The zero-order valence-electron chi connectivity index (χ0n) is 16.0. The number of amides is 2. The van der Waals surface area contributed by atoms with E-state index in [1.54, 1.807) is 30.3 Å². The molecule has 7 nitrogen and oxygen atoms in total. The molecule has 3 aromatic carbocycles. The Labute approximate surface area is 167 Å². The number of nitrogens with one attached hydrogen (secondary N) is 2. The molecule has 0 unspecified atom stereocenters. The Morgan fingerprint density at radius 2 is 1.66 bits per heavy atom. The van der Waals surface area contributed by atoms with Gasteiger partial charge in [0.15, 0.2) is 6.61 Å². The third-order valence-corrected chi connectivity index (χ3v) is 4.11. The first kappa shape index (κ1) is 19.9. The fourth-order valence-corrected chi connectivity index (χ4v) is 2.80. The second-order valence-corrected chi connectivity index (χ2v) is 6.28. The predicted octanol–water partition coefficient (Wildman–Crippen LogP) is 3.60. The molecule has 0 atom stereocenters. The maximum Gasteiger partial charge on any atom is 0.338 e. The summed E-state index contributed by atoms with van der Waals surface area (Å²) in [7, 11) is 1.46. The minimum atomic E-state index is -0.593. The van der Waals surface area contributed by atoms with Crippen molar-refractivity contribution in [3.8, 4) is 5.75 Å². The summed E-state index contributed by atoms with van der Waals surface area (Å²) in [5.41, 5.74) is 1.22. The average Bonchev–Trinajstić information content (AvgIpc) is 2.71. The minimum absolute atomic E-state index is 0.239. The standard InChI is InChI=1S/C22H20N2O5/c1-14(25)23-18-9-10-20(28-2)19(12-18)24-21(26)13-29-22(27)17-8-7-15-5-3-4-6-16(15)11-17/h3-12H,13H2,1-2H3,(H,23,25)(H,24,26). The topological polar surface area (TPSA) is 93.7 Å². The summed E-state index contributed by atoms with van der Waals surface area (Å²) in [6.07, 6.45) is 0. The number of hydrogen-bond donors (Lipinski definition) is 2. The maximum absolute atomic E-state index is 12.3. The number of ether oxygens (including phenoxy) is 2. The van der Waals surface area contributed by atoms with Crippen LogP contribution in [0.3, 0.4) is 0 Å². The molecular weight excluding hydrogens is 372 g/mol. The summed E-state index contributed by atoms with van der Waals surface area (Å²) < 4.78 is 10.3. The van der Waals surface area contributed by atoms with Gasteiger partial charge in [-0.1, -0.05) is 30.3 Å². The number of esters is 1. The Hall–Kier alpha value is -3.87. The molecule has 0 saturated heterocycles. The van der Waals surface area contributed by atoms with Crippen LogP contribution in [0.15, 0.2) is 60.7 Å². The molecular formula is C22H20N2O5. The van der Waals surface area contributed by atoms with Crippen molar-refractivity contribution >= 4 is 39.9 Å². The van der Waals surface area contributed by atoms with Crippen molar-refractivity contribution in [2.45, 2.75) is 6.92 Å². The fraction of sp³-hybridized carbons (Fsp3) is 0.136. The lowest BCUT2D eigenvalue weighted by molar-refractivity contribution is -0.119. The van der Waals surface area contributed by atoms with Gasteiger partial charge in [0.25, 0.3) is 5.91 Å². The van der Waals surface area contributed by atoms with Crippen molar-refractivity contribution in [1.29, 1.82) is 0 Å².